The van der Waals surface area contributed by atoms with Crippen LogP contribution in [0.3, 0.4) is 0 Å². The molecule has 1 spiro atoms. The van der Waals surface area contributed by atoms with Gasteiger partial charge >= 0.3 is 0 Å². The zero-order valence-corrected chi connectivity index (χ0v) is 16.9. The summed E-state index contributed by atoms with van der Waals surface area (Å²) in [5.74, 6) is 5.96. The predicted octanol–water partition coefficient (Wildman–Crippen LogP) is 5.51. The topological polar surface area (TPSA) is 20.2 Å². The molecule has 4 aliphatic carbocycles. The van der Waals surface area contributed by atoms with Gasteiger partial charge in [-0.1, -0.05) is 20.8 Å². The van der Waals surface area contributed by atoms with E-state index in [2.05, 4.69) is 39.5 Å². The lowest BCUT2D eigenvalue weighted by Crippen LogP contribution is -2.57. The van der Waals surface area contributed by atoms with Crippen molar-refractivity contribution in [2.24, 2.45) is 40.4 Å². The van der Waals surface area contributed by atoms with Gasteiger partial charge in [0.25, 0.3) is 0 Å². The Bertz CT molecular complexity index is 552. The highest BCUT2D eigenvalue weighted by atomic mass is 32.2. The Balaban J connectivity index is 1.46. The van der Waals surface area contributed by atoms with Crippen LogP contribution in [0.15, 0.2) is 0 Å². The summed E-state index contributed by atoms with van der Waals surface area (Å²) in [6, 6.07) is 0. The second-order valence-corrected chi connectivity index (χ2v) is 12.5. The first-order valence-corrected chi connectivity index (χ1v) is 11.6. The van der Waals surface area contributed by atoms with Gasteiger partial charge in [-0.2, -0.15) is 11.8 Å². The number of fused-ring (bicyclic) bond motifs is 5. The molecule has 5 rings (SSSR count). The molecule has 0 radical (unpaired) electrons. The summed E-state index contributed by atoms with van der Waals surface area (Å²) in [6.45, 7) is 9.80. The number of hydrogen-bond acceptors (Lipinski definition) is 2. The molecule has 1 N–H and O–H groups in total. The van der Waals surface area contributed by atoms with E-state index in [0.717, 1.165) is 36.0 Å². The van der Waals surface area contributed by atoms with Gasteiger partial charge in [0.05, 0.1) is 5.60 Å². The van der Waals surface area contributed by atoms with Crippen LogP contribution in [0.5, 0.6) is 0 Å². The summed E-state index contributed by atoms with van der Waals surface area (Å²) < 4.78 is 0.692. The molecule has 5 fully saturated rings. The number of rotatable bonds is 0. The van der Waals surface area contributed by atoms with Crippen LogP contribution >= 0.6 is 11.8 Å². The van der Waals surface area contributed by atoms with E-state index < -0.39 is 5.60 Å². The number of aliphatic hydroxyl groups is 1. The zero-order valence-electron chi connectivity index (χ0n) is 16.1. The highest BCUT2D eigenvalue weighted by Crippen LogP contribution is 2.72. The smallest absolute Gasteiger partial charge is 0.0675 e. The summed E-state index contributed by atoms with van der Waals surface area (Å²) >= 11 is 2.26. The van der Waals surface area contributed by atoms with Gasteiger partial charge in [0.2, 0.25) is 0 Å². The molecule has 4 saturated carbocycles. The van der Waals surface area contributed by atoms with Gasteiger partial charge in [-0.15, -0.1) is 0 Å². The Hall–Kier alpha value is 0.310. The van der Waals surface area contributed by atoms with Crippen molar-refractivity contribution in [1.29, 1.82) is 0 Å². The first kappa shape index (κ1) is 16.5. The molecule has 0 amide bonds. The lowest BCUT2D eigenvalue weighted by molar-refractivity contribution is -0.151. The lowest BCUT2D eigenvalue weighted by atomic mass is 9.43. The molecule has 1 nitrogen and oxygen atoms in total. The van der Waals surface area contributed by atoms with Crippen LogP contribution in [-0.2, 0) is 0 Å². The monoisotopic (exact) mass is 348 g/mol. The highest BCUT2D eigenvalue weighted by molar-refractivity contribution is 8.07. The van der Waals surface area contributed by atoms with Crippen molar-refractivity contribution in [3.05, 3.63) is 0 Å². The van der Waals surface area contributed by atoms with Crippen molar-refractivity contribution in [2.45, 2.75) is 89.4 Å². The van der Waals surface area contributed by atoms with Crippen molar-refractivity contribution in [3.8, 4) is 0 Å². The molecular weight excluding hydrogens is 312 g/mol. The lowest BCUT2D eigenvalue weighted by Gasteiger charge is -2.62. The third-order valence-electron chi connectivity index (χ3n) is 10.4. The third kappa shape index (κ3) is 1.89. The maximum atomic E-state index is 11.1. The van der Waals surface area contributed by atoms with Gasteiger partial charge in [-0.25, -0.2) is 0 Å². The molecule has 0 aromatic carbocycles. The summed E-state index contributed by atoms with van der Waals surface area (Å²) in [7, 11) is 0. The molecule has 2 heteroatoms. The molecule has 1 aliphatic heterocycles. The van der Waals surface area contributed by atoms with Gasteiger partial charge in [0.1, 0.15) is 0 Å². The van der Waals surface area contributed by atoms with Gasteiger partial charge in [-0.3, -0.25) is 0 Å². The highest BCUT2D eigenvalue weighted by Gasteiger charge is 2.66. The van der Waals surface area contributed by atoms with E-state index in [-0.39, 0.29) is 5.41 Å². The average Bonchev–Trinajstić information content (AvgIpc) is 3.23. The fourth-order valence-electron chi connectivity index (χ4n) is 8.39. The van der Waals surface area contributed by atoms with E-state index in [9.17, 15) is 5.11 Å². The second-order valence-electron chi connectivity index (χ2n) is 11.1. The predicted molar refractivity (Wildman–Crippen MR) is 102 cm³/mol. The average molecular weight is 349 g/mol. The van der Waals surface area contributed by atoms with E-state index >= 15 is 0 Å². The van der Waals surface area contributed by atoms with E-state index in [0.29, 0.717) is 10.2 Å². The Morgan fingerprint density at radius 3 is 2.33 bits per heavy atom. The minimum Gasteiger partial charge on any atom is -0.390 e. The Morgan fingerprint density at radius 1 is 0.917 bits per heavy atom. The molecule has 9 atom stereocenters. The van der Waals surface area contributed by atoms with Crippen molar-refractivity contribution in [3.63, 3.8) is 0 Å². The third-order valence-corrected chi connectivity index (χ3v) is 12.0. The van der Waals surface area contributed by atoms with Crippen LogP contribution in [0, 0.1) is 40.4 Å². The number of hydrogen-bond donors (Lipinski definition) is 1. The molecule has 0 aromatic heterocycles. The molecule has 4 unspecified atom stereocenters. The van der Waals surface area contributed by atoms with E-state index in [4.69, 9.17) is 0 Å². The van der Waals surface area contributed by atoms with Crippen LogP contribution in [0.2, 0.25) is 0 Å². The van der Waals surface area contributed by atoms with Crippen molar-refractivity contribution in [2.75, 3.05) is 5.75 Å². The molecule has 0 bridgehead atoms. The van der Waals surface area contributed by atoms with Gasteiger partial charge in [0, 0.05) is 10.5 Å². The van der Waals surface area contributed by atoms with Gasteiger partial charge in [-0.05, 0) is 98.7 Å². The first-order chi connectivity index (χ1) is 11.2. The fraction of sp³-hybridized carbons (Fsp3) is 1.00. The summed E-state index contributed by atoms with van der Waals surface area (Å²) in [5, 5.41) is 11.1. The maximum Gasteiger partial charge on any atom is 0.0675 e. The second kappa shape index (κ2) is 4.77. The van der Waals surface area contributed by atoms with E-state index in [1.54, 1.807) is 0 Å². The zero-order chi connectivity index (χ0) is 17.0. The van der Waals surface area contributed by atoms with Crippen molar-refractivity contribution in [1.82, 2.24) is 0 Å². The molecule has 1 heterocycles. The van der Waals surface area contributed by atoms with Crippen molar-refractivity contribution < 1.29 is 5.11 Å². The largest absolute Gasteiger partial charge is 0.390 e. The number of thioether (sulfide) groups is 1. The van der Waals surface area contributed by atoms with Crippen LogP contribution in [-0.4, -0.2) is 21.2 Å². The van der Waals surface area contributed by atoms with Crippen LogP contribution < -0.4 is 0 Å². The molecule has 136 valence electrons. The standard InChI is InChI=1S/C22H36OS/c1-14-11-19(2)15(12-22(14)13-24-22)5-6-16-17(19)7-9-20(3)18(16)8-10-21(20,4)23/h14-18,23H,5-13H2,1-4H3/t14-,15?,16?,17?,18?,19+,20+,21+,22+/m1/s1. The molecule has 24 heavy (non-hydrogen) atoms. The van der Waals surface area contributed by atoms with Crippen molar-refractivity contribution >= 4 is 11.8 Å². The van der Waals surface area contributed by atoms with Gasteiger partial charge in [0.15, 0.2) is 0 Å². The Kier molecular flexibility index (Phi) is 3.28. The Labute approximate surface area is 152 Å². The van der Waals surface area contributed by atoms with Gasteiger partial charge < -0.3 is 5.11 Å². The van der Waals surface area contributed by atoms with Crippen LogP contribution in [0.25, 0.3) is 0 Å². The van der Waals surface area contributed by atoms with Crippen LogP contribution in [0.4, 0.5) is 0 Å². The molecule has 5 aliphatic rings. The van der Waals surface area contributed by atoms with E-state index in [1.165, 1.54) is 50.7 Å². The minimum atomic E-state index is -0.422. The normalized spacial score (nSPS) is 65.1. The maximum absolute atomic E-state index is 11.1. The minimum absolute atomic E-state index is 0.186. The summed E-state index contributed by atoms with van der Waals surface area (Å²) in [4.78, 5) is 0. The van der Waals surface area contributed by atoms with Crippen LogP contribution in [0.1, 0.15) is 79.1 Å². The Morgan fingerprint density at radius 2 is 1.62 bits per heavy atom. The van der Waals surface area contributed by atoms with E-state index in [1.807, 2.05) is 0 Å². The summed E-state index contributed by atoms with van der Waals surface area (Å²) in [5.41, 5.74) is 0.354. The molecule has 1 saturated heterocycles. The molecule has 0 aromatic rings. The summed E-state index contributed by atoms with van der Waals surface area (Å²) in [6.07, 6.45) is 10.9. The molecular formula is C22H36OS. The first-order valence-electron chi connectivity index (χ1n) is 10.6. The quantitative estimate of drug-likeness (QED) is 0.582. The SMILES string of the molecule is C[C@@H]1C[C@@]2(C)C(CCC3C2CC[C@@]2(C)C3CC[C@]2(C)O)C[C@]12CS2. The fourth-order valence-corrected chi connectivity index (χ4v) is 9.67.